The maximum absolute atomic E-state index is 14.6. The van der Waals surface area contributed by atoms with Crippen LogP contribution in [0.5, 0.6) is 5.75 Å². The fourth-order valence-electron chi connectivity index (χ4n) is 4.54. The Bertz CT molecular complexity index is 1970. The van der Waals surface area contributed by atoms with Crippen LogP contribution in [0.4, 0.5) is 24.0 Å². The molecular formula is C28H21ClF3N9O2S. The Morgan fingerprint density at radius 1 is 1.11 bits per heavy atom. The summed E-state index contributed by atoms with van der Waals surface area (Å²) in [6.07, 6.45) is -0.812. The molecular weight excluding hydrogens is 619 g/mol. The van der Waals surface area contributed by atoms with Gasteiger partial charge in [0.1, 0.15) is 22.7 Å². The van der Waals surface area contributed by atoms with E-state index in [1.807, 2.05) is 24.3 Å². The second-order valence-electron chi connectivity index (χ2n) is 9.37. The molecule has 0 unspecified atom stereocenters. The molecule has 6 aromatic rings. The highest BCUT2D eigenvalue weighted by atomic mass is 35.5. The first kappa shape index (κ1) is 29.1. The molecule has 0 aliphatic carbocycles. The van der Waals surface area contributed by atoms with Crippen LogP contribution in [-0.4, -0.2) is 47.8 Å². The maximum atomic E-state index is 14.6. The Morgan fingerprint density at radius 3 is 2.55 bits per heavy atom. The van der Waals surface area contributed by atoms with E-state index >= 15 is 0 Å². The number of fused-ring (bicyclic) bond motifs is 1. The van der Waals surface area contributed by atoms with E-state index in [2.05, 4.69) is 35.9 Å². The first-order chi connectivity index (χ1) is 21.1. The van der Waals surface area contributed by atoms with Crippen molar-refractivity contribution >= 4 is 49.9 Å². The fraction of sp³-hybridized carbons (Fsp3) is 0.143. The largest absolute Gasteiger partial charge is 0.497 e. The second-order valence-corrected chi connectivity index (χ2v) is 10.8. The maximum Gasteiger partial charge on any atom is 0.420 e. The molecule has 0 atom stereocenters. The molecule has 0 saturated carbocycles. The van der Waals surface area contributed by atoms with Gasteiger partial charge >= 0.3 is 6.18 Å². The number of benzene rings is 2. The van der Waals surface area contributed by atoms with Crippen molar-refractivity contribution in [3.05, 3.63) is 89.0 Å². The molecule has 0 aliphatic heterocycles. The number of ether oxygens (including phenoxy) is 1. The van der Waals surface area contributed by atoms with E-state index in [1.54, 1.807) is 19.2 Å². The number of carbonyl (C=O) groups is 1. The van der Waals surface area contributed by atoms with Crippen LogP contribution in [0.1, 0.15) is 21.6 Å². The minimum absolute atomic E-state index is 0.0731. The van der Waals surface area contributed by atoms with Gasteiger partial charge < -0.3 is 15.4 Å². The second kappa shape index (κ2) is 11.6. The molecule has 0 fully saturated rings. The van der Waals surface area contributed by atoms with Gasteiger partial charge in [0.2, 0.25) is 0 Å². The average Bonchev–Trinajstić information content (AvgIpc) is 3.74. The summed E-state index contributed by atoms with van der Waals surface area (Å²) in [4.78, 5) is 23.1. The minimum Gasteiger partial charge on any atom is -0.497 e. The van der Waals surface area contributed by atoms with E-state index < -0.39 is 29.0 Å². The number of thiazole rings is 1. The van der Waals surface area contributed by atoms with Crippen LogP contribution >= 0.6 is 22.9 Å². The zero-order valence-electron chi connectivity index (χ0n) is 22.9. The number of rotatable bonds is 8. The summed E-state index contributed by atoms with van der Waals surface area (Å²) < 4.78 is 50.5. The normalized spacial score (nSPS) is 11.6. The number of halogens is 4. The number of aromatic nitrogens is 7. The predicted octanol–water partition coefficient (Wildman–Crippen LogP) is 6.22. The van der Waals surface area contributed by atoms with Gasteiger partial charge in [-0.05, 0) is 29.8 Å². The lowest BCUT2D eigenvalue weighted by molar-refractivity contribution is -0.137. The van der Waals surface area contributed by atoms with E-state index in [9.17, 15) is 18.0 Å². The number of aryl methyl sites for hydroxylation is 1. The van der Waals surface area contributed by atoms with Gasteiger partial charge in [0, 0.05) is 19.2 Å². The molecule has 44 heavy (non-hydrogen) atoms. The summed E-state index contributed by atoms with van der Waals surface area (Å²) in [6, 6.07) is 13.6. The Kier molecular flexibility index (Phi) is 7.65. The monoisotopic (exact) mass is 639 g/mol. The van der Waals surface area contributed by atoms with Gasteiger partial charge in [0.05, 0.1) is 46.6 Å². The van der Waals surface area contributed by atoms with Gasteiger partial charge in [-0.15, -0.1) is 4.80 Å². The number of alkyl halides is 3. The van der Waals surface area contributed by atoms with Gasteiger partial charge in [-0.3, -0.25) is 9.48 Å². The predicted molar refractivity (Wildman–Crippen MR) is 159 cm³/mol. The van der Waals surface area contributed by atoms with Crippen LogP contribution in [0.2, 0.25) is 5.02 Å². The van der Waals surface area contributed by atoms with Crippen LogP contribution in [0.3, 0.4) is 0 Å². The Balaban J connectivity index is 1.32. The molecule has 0 aliphatic rings. The highest BCUT2D eigenvalue weighted by molar-refractivity contribution is 7.22. The highest BCUT2D eigenvalue weighted by Crippen LogP contribution is 2.43. The first-order valence-corrected chi connectivity index (χ1v) is 14.1. The molecule has 2 aromatic carbocycles. The fourth-order valence-corrected chi connectivity index (χ4v) is 5.75. The lowest BCUT2D eigenvalue weighted by atomic mass is 10.0. The highest BCUT2D eigenvalue weighted by Gasteiger charge is 2.42. The molecule has 4 aromatic heterocycles. The van der Waals surface area contributed by atoms with Crippen molar-refractivity contribution in [1.29, 1.82) is 0 Å². The summed E-state index contributed by atoms with van der Waals surface area (Å²) >= 11 is 7.46. The summed E-state index contributed by atoms with van der Waals surface area (Å²) in [6.45, 7) is 0.444. The number of nitrogens with one attached hydrogen (secondary N) is 2. The Hall–Kier alpha value is -5.02. The lowest BCUT2D eigenvalue weighted by Gasteiger charge is -2.12. The lowest BCUT2D eigenvalue weighted by Crippen LogP contribution is -2.21. The van der Waals surface area contributed by atoms with Crippen molar-refractivity contribution in [2.24, 2.45) is 7.05 Å². The van der Waals surface area contributed by atoms with Gasteiger partial charge in [-0.25, -0.2) is 9.97 Å². The topological polar surface area (TPSA) is 125 Å². The number of methoxy groups -OCH3 is 1. The van der Waals surface area contributed by atoms with Crippen LogP contribution in [0.15, 0.2) is 67.1 Å². The summed E-state index contributed by atoms with van der Waals surface area (Å²) in [7, 11) is 2.86. The van der Waals surface area contributed by atoms with Crippen LogP contribution in [0.25, 0.3) is 27.3 Å². The van der Waals surface area contributed by atoms with Crippen molar-refractivity contribution in [2.45, 2.75) is 12.7 Å². The number of hydrogen-bond donors (Lipinski definition) is 2. The zero-order valence-corrected chi connectivity index (χ0v) is 24.5. The Morgan fingerprint density at radius 2 is 1.86 bits per heavy atom. The quantitative estimate of drug-likeness (QED) is 0.201. The molecule has 6 rings (SSSR count). The van der Waals surface area contributed by atoms with Crippen LogP contribution in [0, 0.1) is 0 Å². The standard InChI is InChI=1S/C28H21ClF3N9O2S/c1-40-23(26(42)37-16-12-19(29)25(33-14-16)41-35-10-11-36-41)21(28(30,31)32)22(39-40)18-4-3-5-20-24(18)44-27(38-20)34-13-15-6-8-17(43-2)9-7-15/h3-12,14H,13H2,1-2H3,(H,34,38)(H,37,42). The molecule has 16 heteroatoms. The van der Waals surface area contributed by atoms with Crippen molar-refractivity contribution in [3.63, 3.8) is 0 Å². The number of nitrogens with zero attached hydrogens (tertiary/aromatic N) is 7. The summed E-state index contributed by atoms with van der Waals surface area (Å²) in [5.74, 6) is -0.132. The van der Waals surface area contributed by atoms with Gasteiger partial charge in [0.15, 0.2) is 10.9 Å². The van der Waals surface area contributed by atoms with Gasteiger partial charge in [-0.2, -0.15) is 28.5 Å². The molecule has 0 saturated heterocycles. The smallest absolute Gasteiger partial charge is 0.420 e. The summed E-state index contributed by atoms with van der Waals surface area (Å²) in [5, 5.41) is 18.3. The van der Waals surface area contributed by atoms with E-state index in [0.29, 0.717) is 21.9 Å². The third-order valence-electron chi connectivity index (χ3n) is 6.51. The number of carbonyl (C=O) groups excluding carboxylic acids is 1. The number of anilines is 2. The van der Waals surface area contributed by atoms with E-state index in [1.165, 1.54) is 53.9 Å². The first-order valence-electron chi connectivity index (χ1n) is 12.9. The summed E-state index contributed by atoms with van der Waals surface area (Å²) in [5.41, 5.74) is -0.527. The number of amides is 1. The SMILES string of the molecule is COc1ccc(CNc2nc3cccc(-c4nn(C)c(C(=O)Nc5cnc(-n6nccn6)c(Cl)c5)c4C(F)(F)F)c3s2)cc1. The molecule has 224 valence electrons. The van der Waals surface area contributed by atoms with E-state index in [-0.39, 0.29) is 22.1 Å². The zero-order chi connectivity index (χ0) is 31.0. The molecule has 0 bridgehead atoms. The van der Waals surface area contributed by atoms with Gasteiger partial charge in [-0.1, -0.05) is 47.2 Å². The van der Waals surface area contributed by atoms with Gasteiger partial charge in [0.25, 0.3) is 5.91 Å². The molecule has 1 amide bonds. The Labute approximate surface area is 256 Å². The number of hydrogen-bond acceptors (Lipinski definition) is 9. The van der Waals surface area contributed by atoms with Crippen molar-refractivity contribution in [3.8, 4) is 22.8 Å². The van der Waals surface area contributed by atoms with Crippen molar-refractivity contribution < 1.29 is 22.7 Å². The molecule has 11 nitrogen and oxygen atoms in total. The van der Waals surface area contributed by atoms with E-state index in [0.717, 1.165) is 16.0 Å². The third-order valence-corrected chi connectivity index (χ3v) is 7.85. The molecule has 4 heterocycles. The van der Waals surface area contributed by atoms with Crippen LogP contribution < -0.4 is 15.4 Å². The molecule has 0 radical (unpaired) electrons. The van der Waals surface area contributed by atoms with Crippen molar-refractivity contribution in [1.82, 2.24) is 34.7 Å². The number of pyridine rings is 1. The minimum atomic E-state index is -4.91. The average molecular weight is 640 g/mol. The van der Waals surface area contributed by atoms with Crippen molar-refractivity contribution in [2.75, 3.05) is 17.7 Å². The van der Waals surface area contributed by atoms with Crippen LogP contribution in [-0.2, 0) is 19.8 Å². The molecule has 2 N–H and O–H groups in total. The van der Waals surface area contributed by atoms with E-state index in [4.69, 9.17) is 16.3 Å². The molecule has 0 spiro atoms. The third kappa shape index (κ3) is 5.66.